The standard InChI is InChI=1S/C21H19N/c1-2-22-10-9-16-11-15-7-8-17-12-14-5-3-4-6-18(14)21(17)19(15)13-20(16)22/h3-8,11,13H,2,9-10,12H2,1H3. The molecular weight excluding hydrogens is 266 g/mol. The first-order valence-corrected chi connectivity index (χ1v) is 8.27. The molecule has 0 atom stereocenters. The quantitative estimate of drug-likeness (QED) is 0.486. The Kier molecular flexibility index (Phi) is 2.43. The Morgan fingerprint density at radius 1 is 0.955 bits per heavy atom. The molecule has 1 aliphatic carbocycles. The van der Waals surface area contributed by atoms with Crippen molar-refractivity contribution < 1.29 is 0 Å². The fourth-order valence-electron chi connectivity index (χ4n) is 4.24. The lowest BCUT2D eigenvalue weighted by Gasteiger charge is -2.18. The first-order chi connectivity index (χ1) is 10.8. The third kappa shape index (κ3) is 1.54. The van der Waals surface area contributed by atoms with Gasteiger partial charge in [0, 0.05) is 18.8 Å². The summed E-state index contributed by atoms with van der Waals surface area (Å²) in [5.41, 5.74) is 8.82. The topological polar surface area (TPSA) is 3.24 Å². The van der Waals surface area contributed by atoms with E-state index < -0.39 is 0 Å². The molecule has 1 aliphatic heterocycles. The molecule has 22 heavy (non-hydrogen) atoms. The summed E-state index contributed by atoms with van der Waals surface area (Å²) in [6.07, 6.45) is 2.27. The number of hydrogen-bond acceptors (Lipinski definition) is 1. The molecule has 108 valence electrons. The summed E-state index contributed by atoms with van der Waals surface area (Å²) in [7, 11) is 0. The van der Waals surface area contributed by atoms with Crippen molar-refractivity contribution in [3.05, 3.63) is 65.2 Å². The predicted octanol–water partition coefficient (Wildman–Crippen LogP) is 4.79. The molecule has 1 heterocycles. The Morgan fingerprint density at radius 3 is 2.77 bits per heavy atom. The van der Waals surface area contributed by atoms with E-state index in [0.29, 0.717) is 0 Å². The smallest absolute Gasteiger partial charge is 0.0406 e. The van der Waals surface area contributed by atoms with Crippen molar-refractivity contribution in [2.24, 2.45) is 0 Å². The van der Waals surface area contributed by atoms with Gasteiger partial charge in [0.05, 0.1) is 0 Å². The van der Waals surface area contributed by atoms with E-state index in [1.807, 2.05) is 0 Å². The lowest BCUT2D eigenvalue weighted by atomic mass is 9.95. The summed E-state index contributed by atoms with van der Waals surface area (Å²) >= 11 is 0. The first kappa shape index (κ1) is 12.3. The lowest BCUT2D eigenvalue weighted by molar-refractivity contribution is 0.868. The van der Waals surface area contributed by atoms with Gasteiger partial charge in [0.25, 0.3) is 0 Å². The van der Waals surface area contributed by atoms with Crippen molar-refractivity contribution >= 4 is 16.5 Å². The predicted molar refractivity (Wildman–Crippen MR) is 93.8 cm³/mol. The van der Waals surface area contributed by atoms with E-state index in [9.17, 15) is 0 Å². The second-order valence-electron chi connectivity index (χ2n) is 6.47. The van der Waals surface area contributed by atoms with E-state index in [2.05, 4.69) is 60.4 Å². The SMILES string of the molecule is CCN1CCc2cc3ccc4c(c3cc21)-c1ccccc1C4. The van der Waals surface area contributed by atoms with E-state index in [4.69, 9.17) is 0 Å². The zero-order valence-corrected chi connectivity index (χ0v) is 12.9. The normalized spacial score (nSPS) is 15.0. The molecule has 0 unspecified atom stereocenters. The Labute approximate surface area is 131 Å². The van der Waals surface area contributed by atoms with Gasteiger partial charge in [-0.3, -0.25) is 0 Å². The van der Waals surface area contributed by atoms with E-state index >= 15 is 0 Å². The van der Waals surface area contributed by atoms with Gasteiger partial charge in [0.1, 0.15) is 0 Å². The summed E-state index contributed by atoms with van der Waals surface area (Å²) < 4.78 is 0. The summed E-state index contributed by atoms with van der Waals surface area (Å²) in [5, 5.41) is 2.83. The van der Waals surface area contributed by atoms with Gasteiger partial charge in [-0.2, -0.15) is 0 Å². The molecule has 0 bridgehead atoms. The molecule has 2 aliphatic rings. The van der Waals surface area contributed by atoms with Gasteiger partial charge in [-0.15, -0.1) is 0 Å². The maximum Gasteiger partial charge on any atom is 0.0406 e. The van der Waals surface area contributed by atoms with Crippen LogP contribution < -0.4 is 4.90 Å². The van der Waals surface area contributed by atoms with Gasteiger partial charge >= 0.3 is 0 Å². The van der Waals surface area contributed by atoms with Crippen LogP contribution in [0.25, 0.3) is 21.9 Å². The van der Waals surface area contributed by atoms with Crippen LogP contribution in [0.4, 0.5) is 5.69 Å². The maximum atomic E-state index is 2.51. The molecule has 1 nitrogen and oxygen atoms in total. The highest BCUT2D eigenvalue weighted by molar-refractivity contribution is 6.03. The third-order valence-electron chi connectivity index (χ3n) is 5.35. The van der Waals surface area contributed by atoms with Crippen molar-refractivity contribution in [3.8, 4) is 11.1 Å². The molecule has 5 rings (SSSR count). The summed E-state index contributed by atoms with van der Waals surface area (Å²) in [6.45, 7) is 4.52. The highest BCUT2D eigenvalue weighted by Crippen LogP contribution is 2.43. The number of benzene rings is 3. The van der Waals surface area contributed by atoms with Crippen molar-refractivity contribution in [2.45, 2.75) is 19.8 Å². The fourth-order valence-corrected chi connectivity index (χ4v) is 4.24. The molecule has 0 radical (unpaired) electrons. The molecular formula is C21H19N. The van der Waals surface area contributed by atoms with Crippen LogP contribution in [0.15, 0.2) is 48.5 Å². The highest BCUT2D eigenvalue weighted by Gasteiger charge is 2.23. The van der Waals surface area contributed by atoms with Gasteiger partial charge in [-0.1, -0.05) is 36.4 Å². The van der Waals surface area contributed by atoms with Crippen molar-refractivity contribution in [1.82, 2.24) is 0 Å². The summed E-state index contributed by atoms with van der Waals surface area (Å²) in [6, 6.07) is 18.4. The second kappa shape index (κ2) is 4.36. The Bertz CT molecular complexity index is 907. The average Bonchev–Trinajstić information content (AvgIpc) is 3.13. The van der Waals surface area contributed by atoms with E-state index in [1.54, 1.807) is 0 Å². The maximum absolute atomic E-state index is 2.51. The number of hydrogen-bond donors (Lipinski definition) is 0. The van der Waals surface area contributed by atoms with Crippen LogP contribution in [0.5, 0.6) is 0 Å². The lowest BCUT2D eigenvalue weighted by Crippen LogP contribution is -2.19. The molecule has 0 fully saturated rings. The Hall–Kier alpha value is -2.28. The van der Waals surface area contributed by atoms with Crippen molar-refractivity contribution in [3.63, 3.8) is 0 Å². The van der Waals surface area contributed by atoms with E-state index in [-0.39, 0.29) is 0 Å². The Morgan fingerprint density at radius 2 is 1.86 bits per heavy atom. The van der Waals surface area contributed by atoms with E-state index in [1.165, 1.54) is 57.2 Å². The molecule has 0 aromatic heterocycles. The van der Waals surface area contributed by atoms with Crippen LogP contribution in [0, 0.1) is 0 Å². The van der Waals surface area contributed by atoms with Gasteiger partial charge in [-0.05, 0) is 70.5 Å². The van der Waals surface area contributed by atoms with Gasteiger partial charge < -0.3 is 4.90 Å². The number of likely N-dealkylation sites (N-methyl/N-ethyl adjacent to an activating group) is 1. The third-order valence-corrected chi connectivity index (χ3v) is 5.35. The second-order valence-corrected chi connectivity index (χ2v) is 6.47. The Balaban J connectivity index is 1.84. The van der Waals surface area contributed by atoms with Crippen molar-refractivity contribution in [2.75, 3.05) is 18.0 Å². The highest BCUT2D eigenvalue weighted by atomic mass is 15.1. The number of anilines is 1. The van der Waals surface area contributed by atoms with Gasteiger partial charge in [-0.25, -0.2) is 0 Å². The summed E-state index contributed by atoms with van der Waals surface area (Å²) in [5.74, 6) is 0. The number of nitrogens with zero attached hydrogens (tertiary/aromatic N) is 1. The largest absolute Gasteiger partial charge is 0.371 e. The zero-order valence-electron chi connectivity index (χ0n) is 12.9. The molecule has 0 amide bonds. The van der Waals surface area contributed by atoms with Crippen molar-refractivity contribution in [1.29, 1.82) is 0 Å². The molecule has 0 saturated heterocycles. The van der Waals surface area contributed by atoms with Crippen LogP contribution in [0.1, 0.15) is 23.6 Å². The first-order valence-electron chi connectivity index (χ1n) is 8.27. The zero-order chi connectivity index (χ0) is 14.7. The summed E-state index contributed by atoms with van der Waals surface area (Å²) in [4.78, 5) is 2.51. The number of rotatable bonds is 1. The minimum absolute atomic E-state index is 1.08. The van der Waals surface area contributed by atoms with Gasteiger partial charge in [0.15, 0.2) is 0 Å². The van der Waals surface area contributed by atoms with Crippen LogP contribution in [0.2, 0.25) is 0 Å². The minimum atomic E-state index is 1.08. The van der Waals surface area contributed by atoms with Gasteiger partial charge in [0.2, 0.25) is 0 Å². The molecule has 0 N–H and O–H groups in total. The van der Waals surface area contributed by atoms with E-state index in [0.717, 1.165) is 13.0 Å². The number of fused-ring (bicyclic) bond motifs is 6. The monoisotopic (exact) mass is 285 g/mol. The molecule has 3 aromatic rings. The molecule has 0 spiro atoms. The van der Waals surface area contributed by atoms with Crippen LogP contribution in [-0.2, 0) is 12.8 Å². The average molecular weight is 285 g/mol. The van der Waals surface area contributed by atoms with Crippen LogP contribution >= 0.6 is 0 Å². The minimum Gasteiger partial charge on any atom is -0.371 e. The molecule has 1 heteroatoms. The van der Waals surface area contributed by atoms with Crippen LogP contribution in [-0.4, -0.2) is 13.1 Å². The van der Waals surface area contributed by atoms with Crippen LogP contribution in [0.3, 0.4) is 0 Å². The molecule has 3 aromatic carbocycles. The fraction of sp³-hybridized carbons (Fsp3) is 0.238. The molecule has 0 saturated carbocycles.